The van der Waals surface area contributed by atoms with Gasteiger partial charge in [-0.2, -0.15) is 5.10 Å². The highest BCUT2D eigenvalue weighted by Gasteiger charge is 2.13. The van der Waals surface area contributed by atoms with Crippen molar-refractivity contribution < 1.29 is 4.79 Å². The Balaban J connectivity index is 2.34. The molecule has 2 aromatic carbocycles. The van der Waals surface area contributed by atoms with Crippen LogP contribution in [0.15, 0.2) is 42.5 Å². The van der Waals surface area contributed by atoms with E-state index >= 15 is 0 Å². The number of carbonyl (C=O) groups excluding carboxylic acids is 1. The molecule has 0 spiro atoms. The second kappa shape index (κ2) is 4.35. The van der Waals surface area contributed by atoms with E-state index in [0.29, 0.717) is 5.56 Å². The first-order chi connectivity index (χ1) is 9.22. The van der Waals surface area contributed by atoms with Crippen LogP contribution in [0, 0.1) is 13.8 Å². The number of aryl methyl sites for hydroxylation is 1. The molecule has 0 atom stereocenters. The lowest BCUT2D eigenvalue weighted by Gasteiger charge is -2.08. The topological polar surface area (TPSA) is 34.9 Å². The molecule has 1 heterocycles. The zero-order chi connectivity index (χ0) is 13.4. The van der Waals surface area contributed by atoms with Crippen LogP contribution in [0.3, 0.4) is 0 Å². The molecule has 0 amide bonds. The van der Waals surface area contributed by atoms with Crippen LogP contribution in [-0.4, -0.2) is 16.1 Å². The van der Waals surface area contributed by atoms with Crippen LogP contribution in [0.25, 0.3) is 16.5 Å². The number of fused-ring (bicyclic) bond motifs is 1. The van der Waals surface area contributed by atoms with Gasteiger partial charge in [0, 0.05) is 5.39 Å². The van der Waals surface area contributed by atoms with Gasteiger partial charge in [0.1, 0.15) is 0 Å². The first kappa shape index (κ1) is 11.7. The minimum absolute atomic E-state index is 0.674. The van der Waals surface area contributed by atoms with E-state index in [1.165, 1.54) is 5.39 Å². The summed E-state index contributed by atoms with van der Waals surface area (Å²) in [6.07, 6.45) is 0.874. The largest absolute Gasteiger partial charge is 0.298 e. The molecule has 3 rings (SSSR count). The molecule has 0 saturated carbocycles. The van der Waals surface area contributed by atoms with E-state index < -0.39 is 0 Å². The van der Waals surface area contributed by atoms with Gasteiger partial charge in [-0.05, 0) is 25.3 Å². The molecular formula is C16H14N2O. The molecule has 0 aliphatic heterocycles. The van der Waals surface area contributed by atoms with Crippen molar-refractivity contribution in [2.24, 2.45) is 0 Å². The van der Waals surface area contributed by atoms with Gasteiger partial charge >= 0.3 is 0 Å². The molecule has 3 nitrogen and oxygen atoms in total. The summed E-state index contributed by atoms with van der Waals surface area (Å²) >= 11 is 0. The van der Waals surface area contributed by atoms with Gasteiger partial charge in [0.2, 0.25) is 0 Å². The average Bonchev–Trinajstić information content (AvgIpc) is 2.72. The molecule has 0 bridgehead atoms. The summed E-state index contributed by atoms with van der Waals surface area (Å²) in [7, 11) is 0. The Kier molecular flexibility index (Phi) is 2.67. The molecule has 19 heavy (non-hydrogen) atoms. The molecule has 3 aromatic rings. The van der Waals surface area contributed by atoms with Crippen molar-refractivity contribution >= 4 is 17.1 Å². The van der Waals surface area contributed by atoms with Gasteiger partial charge < -0.3 is 0 Å². The molecule has 0 aliphatic carbocycles. The number of carbonyl (C=O) groups is 1. The van der Waals surface area contributed by atoms with E-state index in [1.807, 2.05) is 42.8 Å². The van der Waals surface area contributed by atoms with E-state index in [4.69, 9.17) is 0 Å². The monoisotopic (exact) mass is 250 g/mol. The molecule has 0 saturated heterocycles. The maximum atomic E-state index is 11.1. The third-order valence-electron chi connectivity index (χ3n) is 3.46. The summed E-state index contributed by atoms with van der Waals surface area (Å²) in [5.41, 5.74) is 3.32. The number of hydrogen-bond donors (Lipinski definition) is 0. The van der Waals surface area contributed by atoms with Crippen molar-refractivity contribution in [3.8, 4) is 5.69 Å². The third-order valence-corrected chi connectivity index (χ3v) is 3.46. The van der Waals surface area contributed by atoms with Gasteiger partial charge in [-0.1, -0.05) is 36.4 Å². The summed E-state index contributed by atoms with van der Waals surface area (Å²) < 4.78 is 1.85. The molecule has 0 fully saturated rings. The van der Waals surface area contributed by atoms with Gasteiger partial charge in [-0.3, -0.25) is 4.79 Å². The zero-order valence-electron chi connectivity index (χ0n) is 10.9. The van der Waals surface area contributed by atoms with E-state index in [9.17, 15) is 4.79 Å². The Hall–Kier alpha value is -2.42. The van der Waals surface area contributed by atoms with Crippen molar-refractivity contribution in [2.75, 3.05) is 0 Å². The van der Waals surface area contributed by atoms with E-state index in [1.54, 1.807) is 0 Å². The lowest BCUT2D eigenvalue weighted by molar-refractivity contribution is 0.112. The van der Waals surface area contributed by atoms with Crippen LogP contribution in [0.2, 0.25) is 0 Å². The van der Waals surface area contributed by atoms with Gasteiger partial charge in [0.25, 0.3) is 0 Å². The van der Waals surface area contributed by atoms with Crippen LogP contribution in [0.4, 0.5) is 0 Å². The number of benzene rings is 2. The predicted molar refractivity (Wildman–Crippen MR) is 75.9 cm³/mol. The Labute approximate surface area is 111 Å². The molecule has 0 N–H and O–H groups in total. The number of aromatic nitrogens is 2. The predicted octanol–water partition coefficient (Wildman–Crippen LogP) is 3.45. The fourth-order valence-electron chi connectivity index (χ4n) is 2.45. The first-order valence-corrected chi connectivity index (χ1v) is 6.22. The Morgan fingerprint density at radius 1 is 1.05 bits per heavy atom. The van der Waals surface area contributed by atoms with Gasteiger partial charge in [-0.15, -0.1) is 0 Å². The fourth-order valence-corrected chi connectivity index (χ4v) is 2.45. The van der Waals surface area contributed by atoms with Crippen LogP contribution in [0.5, 0.6) is 0 Å². The Morgan fingerprint density at radius 2 is 1.79 bits per heavy atom. The van der Waals surface area contributed by atoms with E-state index in [2.05, 4.69) is 23.3 Å². The van der Waals surface area contributed by atoms with Crippen LogP contribution in [0.1, 0.15) is 21.7 Å². The van der Waals surface area contributed by atoms with Crippen molar-refractivity contribution in [1.82, 2.24) is 9.78 Å². The summed E-state index contributed by atoms with van der Waals surface area (Å²) in [5, 5.41) is 6.79. The third kappa shape index (κ3) is 1.74. The van der Waals surface area contributed by atoms with Crippen molar-refractivity contribution in [3.63, 3.8) is 0 Å². The molecule has 0 radical (unpaired) electrons. The maximum absolute atomic E-state index is 11.1. The summed E-state index contributed by atoms with van der Waals surface area (Å²) in [4.78, 5) is 11.1. The average molecular weight is 250 g/mol. The first-order valence-electron chi connectivity index (χ1n) is 6.22. The highest BCUT2D eigenvalue weighted by Crippen LogP contribution is 2.24. The van der Waals surface area contributed by atoms with E-state index in [0.717, 1.165) is 28.7 Å². The van der Waals surface area contributed by atoms with Gasteiger partial charge in [-0.25, -0.2) is 4.68 Å². The van der Waals surface area contributed by atoms with Crippen LogP contribution in [-0.2, 0) is 0 Å². The van der Waals surface area contributed by atoms with Crippen molar-refractivity contribution in [2.45, 2.75) is 13.8 Å². The molecule has 94 valence electrons. The zero-order valence-corrected chi connectivity index (χ0v) is 10.9. The lowest BCUT2D eigenvalue weighted by Crippen LogP contribution is -2.00. The lowest BCUT2D eigenvalue weighted by atomic mass is 10.1. The van der Waals surface area contributed by atoms with Gasteiger partial charge in [0.15, 0.2) is 6.29 Å². The highest BCUT2D eigenvalue weighted by atomic mass is 16.1. The standard InChI is InChI=1S/C16H14N2O/c1-11-15(10-19)12(2)18(17-11)16-9-5-7-13-6-3-4-8-14(13)16/h3-10H,1-2H3. The smallest absolute Gasteiger partial charge is 0.153 e. The summed E-state index contributed by atoms with van der Waals surface area (Å²) in [5.74, 6) is 0. The van der Waals surface area contributed by atoms with E-state index in [-0.39, 0.29) is 0 Å². The second-order valence-corrected chi connectivity index (χ2v) is 4.61. The van der Waals surface area contributed by atoms with Crippen LogP contribution < -0.4 is 0 Å². The fraction of sp³-hybridized carbons (Fsp3) is 0.125. The summed E-state index contributed by atoms with van der Waals surface area (Å²) in [6, 6.07) is 14.3. The molecular weight excluding hydrogens is 236 g/mol. The maximum Gasteiger partial charge on any atom is 0.153 e. The SMILES string of the molecule is Cc1nn(-c2cccc3ccccc23)c(C)c1C=O. The molecule has 1 aromatic heterocycles. The highest BCUT2D eigenvalue weighted by molar-refractivity contribution is 5.90. The number of aldehydes is 1. The Bertz CT molecular complexity index is 766. The second-order valence-electron chi connectivity index (χ2n) is 4.61. The van der Waals surface area contributed by atoms with Crippen molar-refractivity contribution in [1.29, 1.82) is 0 Å². The summed E-state index contributed by atoms with van der Waals surface area (Å²) in [6.45, 7) is 3.78. The van der Waals surface area contributed by atoms with Gasteiger partial charge in [0.05, 0.1) is 22.6 Å². The quantitative estimate of drug-likeness (QED) is 0.653. The minimum Gasteiger partial charge on any atom is -0.298 e. The number of nitrogens with zero attached hydrogens (tertiary/aromatic N) is 2. The molecule has 0 unspecified atom stereocenters. The normalized spacial score (nSPS) is 10.8. The number of rotatable bonds is 2. The van der Waals surface area contributed by atoms with Crippen molar-refractivity contribution in [3.05, 3.63) is 59.4 Å². The Morgan fingerprint density at radius 3 is 2.53 bits per heavy atom. The molecule has 3 heteroatoms. The molecule has 0 aliphatic rings. The number of hydrogen-bond acceptors (Lipinski definition) is 2. The van der Waals surface area contributed by atoms with Crippen LogP contribution >= 0.6 is 0 Å². The minimum atomic E-state index is 0.674.